The number of benzene rings is 2. The molecule has 178 valence electrons. The number of piperidine rings is 1. The van der Waals surface area contributed by atoms with Crippen molar-refractivity contribution in [3.8, 4) is 0 Å². The molecule has 0 atom stereocenters. The number of hydrogen-bond donors (Lipinski definition) is 0. The fourth-order valence-corrected chi connectivity index (χ4v) is 6.06. The molecule has 3 heterocycles. The molecule has 0 amide bonds. The average molecular weight is 478 g/mol. The number of para-hydroxylation sites is 2. The van der Waals surface area contributed by atoms with Gasteiger partial charge in [-0.1, -0.05) is 29.8 Å². The molecule has 0 aliphatic carbocycles. The van der Waals surface area contributed by atoms with Crippen LogP contribution in [0.4, 0.5) is 0 Å². The molecule has 2 aromatic heterocycles. The van der Waals surface area contributed by atoms with E-state index in [4.69, 9.17) is 4.98 Å². The number of aromatic nitrogens is 4. The zero-order valence-electron chi connectivity index (χ0n) is 19.8. The molecule has 0 saturated carbocycles. The molecule has 1 saturated heterocycles. The first-order valence-electron chi connectivity index (χ1n) is 11.8. The Morgan fingerprint density at radius 2 is 1.76 bits per heavy atom. The molecule has 0 N–H and O–H groups in total. The van der Waals surface area contributed by atoms with Crippen LogP contribution in [0.5, 0.6) is 0 Å². The molecule has 0 radical (unpaired) electrons. The summed E-state index contributed by atoms with van der Waals surface area (Å²) in [6.45, 7) is 5.16. The molecule has 5 rings (SSSR count). The van der Waals surface area contributed by atoms with Crippen molar-refractivity contribution in [1.82, 2.24) is 24.0 Å². The van der Waals surface area contributed by atoms with Gasteiger partial charge < -0.3 is 9.13 Å². The van der Waals surface area contributed by atoms with E-state index in [0.717, 1.165) is 60.7 Å². The van der Waals surface area contributed by atoms with Gasteiger partial charge in [0.05, 0.1) is 28.2 Å². The van der Waals surface area contributed by atoms with E-state index in [9.17, 15) is 8.42 Å². The van der Waals surface area contributed by atoms with Gasteiger partial charge in [0.15, 0.2) is 9.84 Å². The SMILES string of the molecule is Cc1ccc(S(=O)(=O)CCn2ccnc2C2CCN(Cc3nc4ccccc4n3C)CC2)cc1. The number of fused-ring (bicyclic) bond motifs is 1. The summed E-state index contributed by atoms with van der Waals surface area (Å²) in [5.74, 6) is 2.50. The van der Waals surface area contributed by atoms with E-state index in [-0.39, 0.29) is 5.75 Å². The maximum absolute atomic E-state index is 12.8. The van der Waals surface area contributed by atoms with Gasteiger partial charge in [-0.2, -0.15) is 0 Å². The fourth-order valence-electron chi connectivity index (χ4n) is 4.84. The normalized spacial score (nSPS) is 15.8. The fraction of sp³-hybridized carbons (Fsp3) is 0.385. The minimum Gasteiger partial charge on any atom is -0.334 e. The molecule has 1 aliphatic rings. The van der Waals surface area contributed by atoms with E-state index >= 15 is 0 Å². The van der Waals surface area contributed by atoms with Gasteiger partial charge in [0.1, 0.15) is 11.6 Å². The number of hydrogen-bond acceptors (Lipinski definition) is 5. The first-order chi connectivity index (χ1) is 16.4. The van der Waals surface area contributed by atoms with Crippen LogP contribution in [-0.4, -0.2) is 51.3 Å². The van der Waals surface area contributed by atoms with Crippen molar-refractivity contribution >= 4 is 20.9 Å². The Labute approximate surface area is 201 Å². The summed E-state index contributed by atoms with van der Waals surface area (Å²) >= 11 is 0. The molecule has 1 fully saturated rings. The minimum atomic E-state index is -3.33. The van der Waals surface area contributed by atoms with Crippen LogP contribution in [0.3, 0.4) is 0 Å². The van der Waals surface area contributed by atoms with E-state index in [1.165, 1.54) is 0 Å². The second-order valence-corrected chi connectivity index (χ2v) is 11.3. The maximum Gasteiger partial charge on any atom is 0.180 e. The van der Waals surface area contributed by atoms with Gasteiger partial charge in [-0.15, -0.1) is 0 Å². The number of rotatable bonds is 7. The van der Waals surface area contributed by atoms with Crippen LogP contribution in [0.2, 0.25) is 0 Å². The van der Waals surface area contributed by atoms with Crippen molar-refractivity contribution in [2.45, 2.75) is 43.7 Å². The summed E-state index contributed by atoms with van der Waals surface area (Å²) < 4.78 is 29.8. The lowest BCUT2D eigenvalue weighted by Gasteiger charge is -2.31. The topological polar surface area (TPSA) is 73.0 Å². The summed E-state index contributed by atoms with van der Waals surface area (Å²) in [4.78, 5) is 12.3. The highest BCUT2D eigenvalue weighted by atomic mass is 32.2. The molecular formula is C26H31N5O2S. The molecule has 0 unspecified atom stereocenters. The lowest BCUT2D eigenvalue weighted by Crippen LogP contribution is -2.34. The van der Waals surface area contributed by atoms with Crippen LogP contribution in [0.1, 0.15) is 36.0 Å². The monoisotopic (exact) mass is 477 g/mol. The zero-order chi connectivity index (χ0) is 23.7. The third kappa shape index (κ3) is 4.65. The zero-order valence-corrected chi connectivity index (χ0v) is 20.6. The summed E-state index contributed by atoms with van der Waals surface area (Å²) in [7, 11) is -1.24. The Morgan fingerprint density at radius 1 is 1.03 bits per heavy atom. The lowest BCUT2D eigenvalue weighted by molar-refractivity contribution is 0.194. The standard InChI is InChI=1S/C26H31N5O2S/c1-20-7-9-22(10-8-20)34(32,33)18-17-31-16-13-27-26(31)21-11-14-30(15-12-21)19-25-28-23-5-3-4-6-24(23)29(25)2/h3-10,13,16,21H,11-12,14-15,17-19H2,1-2H3. The van der Waals surface area contributed by atoms with Gasteiger partial charge in [0.2, 0.25) is 0 Å². The predicted octanol–water partition coefficient (Wildman–Crippen LogP) is 3.93. The van der Waals surface area contributed by atoms with E-state index < -0.39 is 9.84 Å². The van der Waals surface area contributed by atoms with E-state index in [1.54, 1.807) is 18.3 Å². The Bertz CT molecular complexity index is 1380. The van der Waals surface area contributed by atoms with Gasteiger partial charge in [-0.25, -0.2) is 18.4 Å². The van der Waals surface area contributed by atoms with Crippen molar-refractivity contribution in [2.24, 2.45) is 7.05 Å². The smallest absolute Gasteiger partial charge is 0.180 e. The second kappa shape index (κ2) is 9.35. The first kappa shape index (κ1) is 22.8. The van der Waals surface area contributed by atoms with Gasteiger partial charge in [0.25, 0.3) is 0 Å². The van der Waals surface area contributed by atoms with E-state index in [0.29, 0.717) is 17.4 Å². The number of nitrogens with zero attached hydrogens (tertiary/aromatic N) is 5. The second-order valence-electron chi connectivity index (χ2n) is 9.24. The molecule has 0 bridgehead atoms. The Morgan fingerprint density at radius 3 is 2.50 bits per heavy atom. The predicted molar refractivity (Wildman–Crippen MR) is 133 cm³/mol. The molecule has 1 aliphatic heterocycles. The van der Waals surface area contributed by atoms with E-state index in [1.807, 2.05) is 42.0 Å². The van der Waals surface area contributed by atoms with Gasteiger partial charge in [0, 0.05) is 31.9 Å². The number of likely N-dealkylation sites (tertiary alicyclic amines) is 1. The van der Waals surface area contributed by atoms with Crippen LogP contribution in [-0.2, 0) is 30.0 Å². The highest BCUT2D eigenvalue weighted by Crippen LogP contribution is 2.28. The molecule has 2 aromatic carbocycles. The van der Waals surface area contributed by atoms with Crippen LogP contribution in [0.25, 0.3) is 11.0 Å². The van der Waals surface area contributed by atoms with Crippen molar-refractivity contribution in [2.75, 3.05) is 18.8 Å². The summed E-state index contributed by atoms with van der Waals surface area (Å²) in [6, 6.07) is 15.3. The Balaban J connectivity index is 1.20. The van der Waals surface area contributed by atoms with E-state index in [2.05, 4.69) is 33.6 Å². The van der Waals surface area contributed by atoms with Gasteiger partial charge in [-0.05, 0) is 57.1 Å². The first-order valence-corrected chi connectivity index (χ1v) is 13.5. The van der Waals surface area contributed by atoms with Crippen molar-refractivity contribution in [3.63, 3.8) is 0 Å². The third-order valence-electron chi connectivity index (χ3n) is 6.93. The van der Waals surface area contributed by atoms with Crippen LogP contribution >= 0.6 is 0 Å². The summed E-state index contributed by atoms with van der Waals surface area (Å²) in [5.41, 5.74) is 3.26. The number of aryl methyl sites for hydroxylation is 3. The summed E-state index contributed by atoms with van der Waals surface area (Å²) in [5, 5.41) is 0. The number of sulfone groups is 1. The molecular weight excluding hydrogens is 446 g/mol. The third-order valence-corrected chi connectivity index (χ3v) is 8.64. The highest BCUT2D eigenvalue weighted by molar-refractivity contribution is 7.91. The molecule has 34 heavy (non-hydrogen) atoms. The lowest BCUT2D eigenvalue weighted by atomic mass is 9.96. The molecule has 8 heteroatoms. The van der Waals surface area contributed by atoms with Crippen molar-refractivity contribution in [3.05, 3.63) is 78.1 Å². The van der Waals surface area contributed by atoms with Gasteiger partial charge >= 0.3 is 0 Å². The van der Waals surface area contributed by atoms with Crippen molar-refractivity contribution in [1.29, 1.82) is 0 Å². The van der Waals surface area contributed by atoms with Crippen LogP contribution < -0.4 is 0 Å². The van der Waals surface area contributed by atoms with Crippen LogP contribution in [0, 0.1) is 6.92 Å². The quantitative estimate of drug-likeness (QED) is 0.403. The average Bonchev–Trinajstić information content (AvgIpc) is 3.43. The molecule has 0 spiro atoms. The Kier molecular flexibility index (Phi) is 6.27. The number of imidazole rings is 2. The van der Waals surface area contributed by atoms with Gasteiger partial charge in [-0.3, -0.25) is 4.90 Å². The largest absolute Gasteiger partial charge is 0.334 e. The molecule has 7 nitrogen and oxygen atoms in total. The summed E-state index contributed by atoms with van der Waals surface area (Å²) in [6.07, 6.45) is 5.71. The van der Waals surface area contributed by atoms with Crippen molar-refractivity contribution < 1.29 is 8.42 Å². The maximum atomic E-state index is 12.8. The minimum absolute atomic E-state index is 0.0744. The van der Waals surface area contributed by atoms with Crippen LogP contribution in [0.15, 0.2) is 65.8 Å². The molecule has 4 aromatic rings. The Hall–Kier alpha value is -2.97. The highest BCUT2D eigenvalue weighted by Gasteiger charge is 2.25.